The molecule has 152 valence electrons. The lowest BCUT2D eigenvalue weighted by atomic mass is 9.86. The molecule has 0 fully saturated rings. The summed E-state index contributed by atoms with van der Waals surface area (Å²) in [7, 11) is 0. The fraction of sp³-hybridized carbons (Fsp3) is 0.174. The number of hydrogen-bond donors (Lipinski definition) is 1. The van der Waals surface area contributed by atoms with E-state index < -0.39 is 16.6 Å². The maximum Gasteiger partial charge on any atom is 0.292 e. The number of rotatable bonds is 4. The van der Waals surface area contributed by atoms with Crippen molar-refractivity contribution in [2.75, 3.05) is 5.32 Å². The Morgan fingerprint density at radius 1 is 1.03 bits per heavy atom. The smallest absolute Gasteiger partial charge is 0.292 e. The molecule has 3 aromatic rings. The molecule has 0 radical (unpaired) electrons. The highest BCUT2D eigenvalue weighted by Crippen LogP contribution is 2.35. The molecular weight excluding hydrogens is 388 g/mol. The van der Waals surface area contributed by atoms with E-state index in [0.717, 1.165) is 17.7 Å². The second-order valence-corrected chi connectivity index (χ2v) is 7.83. The van der Waals surface area contributed by atoms with E-state index in [-0.39, 0.29) is 33.5 Å². The summed E-state index contributed by atoms with van der Waals surface area (Å²) < 4.78 is 28.8. The molecule has 0 spiro atoms. The topological polar surface area (TPSA) is 79.0 Å². The van der Waals surface area contributed by atoms with E-state index in [1.165, 1.54) is 30.3 Å². The van der Waals surface area contributed by atoms with Gasteiger partial charge in [0, 0.05) is 22.9 Å². The monoisotopic (exact) mass is 407 g/mol. The number of hydrogen-bond acceptors (Lipinski definition) is 4. The summed E-state index contributed by atoms with van der Waals surface area (Å²) in [6.45, 7) is 5.85. The summed E-state index contributed by atoms with van der Waals surface area (Å²) in [6, 6.07) is 14.5. The summed E-state index contributed by atoms with van der Waals surface area (Å²) in [4.78, 5) is 11.1. The van der Waals surface area contributed by atoms with E-state index in [1.54, 1.807) is 12.1 Å². The summed E-state index contributed by atoms with van der Waals surface area (Å²) >= 11 is 0. The van der Waals surface area contributed by atoms with Gasteiger partial charge in [0.1, 0.15) is 17.3 Å². The lowest BCUT2D eigenvalue weighted by Crippen LogP contribution is -2.11. The van der Waals surface area contributed by atoms with Crippen LogP contribution in [0.3, 0.4) is 0 Å². The Morgan fingerprint density at radius 2 is 1.77 bits per heavy atom. The van der Waals surface area contributed by atoms with E-state index >= 15 is 0 Å². The van der Waals surface area contributed by atoms with Crippen LogP contribution in [0.1, 0.15) is 31.9 Å². The highest BCUT2D eigenvalue weighted by molar-refractivity contribution is 5.77. The van der Waals surface area contributed by atoms with Gasteiger partial charge in [-0.05, 0) is 47.4 Å². The van der Waals surface area contributed by atoms with Crippen molar-refractivity contribution in [2.45, 2.75) is 26.2 Å². The average molecular weight is 407 g/mol. The van der Waals surface area contributed by atoms with Crippen molar-refractivity contribution in [2.24, 2.45) is 0 Å². The van der Waals surface area contributed by atoms with Gasteiger partial charge in [0.25, 0.3) is 5.69 Å². The number of nitro groups is 1. The fourth-order valence-electron chi connectivity index (χ4n) is 3.10. The van der Waals surface area contributed by atoms with Crippen LogP contribution in [-0.4, -0.2) is 4.92 Å². The molecule has 0 saturated heterocycles. The normalized spacial score (nSPS) is 11.1. The molecule has 0 aliphatic rings. The SMILES string of the molecule is CC(C)(C)c1ccc(Nc2ccc(F)c(-c3c(F)cccc3C#N)c2)c([N+](=O)[O-])c1. The number of nitrogens with zero attached hydrogens (tertiary/aromatic N) is 2. The molecule has 3 rings (SSSR count). The molecule has 0 aromatic heterocycles. The van der Waals surface area contributed by atoms with Gasteiger partial charge in [-0.15, -0.1) is 0 Å². The molecule has 0 amide bonds. The first kappa shape index (κ1) is 20.9. The highest BCUT2D eigenvalue weighted by Gasteiger charge is 2.22. The van der Waals surface area contributed by atoms with Crippen molar-refractivity contribution in [3.05, 3.63) is 87.5 Å². The zero-order chi connectivity index (χ0) is 22.1. The third-order valence-electron chi connectivity index (χ3n) is 4.71. The minimum atomic E-state index is -0.731. The van der Waals surface area contributed by atoms with E-state index in [0.29, 0.717) is 5.69 Å². The van der Waals surface area contributed by atoms with Gasteiger partial charge in [0.05, 0.1) is 16.6 Å². The molecule has 0 saturated carbocycles. The maximum atomic E-state index is 14.5. The van der Waals surface area contributed by atoms with Crippen molar-refractivity contribution in [3.63, 3.8) is 0 Å². The van der Waals surface area contributed by atoms with Crippen molar-refractivity contribution >= 4 is 17.1 Å². The van der Waals surface area contributed by atoms with E-state index in [2.05, 4.69) is 5.32 Å². The van der Waals surface area contributed by atoms with E-state index in [9.17, 15) is 24.2 Å². The Hall–Kier alpha value is -3.79. The second-order valence-electron chi connectivity index (χ2n) is 7.83. The van der Waals surface area contributed by atoms with Gasteiger partial charge < -0.3 is 5.32 Å². The predicted octanol–water partition coefficient (Wildman–Crippen LogP) is 6.45. The Bertz CT molecular complexity index is 1180. The molecule has 0 heterocycles. The van der Waals surface area contributed by atoms with Gasteiger partial charge in [-0.1, -0.05) is 32.9 Å². The van der Waals surface area contributed by atoms with E-state index in [4.69, 9.17) is 0 Å². The molecule has 7 heteroatoms. The van der Waals surface area contributed by atoms with Gasteiger partial charge in [-0.2, -0.15) is 5.26 Å². The fourth-order valence-corrected chi connectivity index (χ4v) is 3.10. The van der Waals surface area contributed by atoms with Crippen LogP contribution in [0.25, 0.3) is 11.1 Å². The zero-order valence-electron chi connectivity index (χ0n) is 16.7. The minimum absolute atomic E-state index is 0.00781. The predicted molar refractivity (Wildman–Crippen MR) is 112 cm³/mol. The second kappa shape index (κ2) is 7.91. The summed E-state index contributed by atoms with van der Waals surface area (Å²) in [5, 5.41) is 23.8. The number of nitrogens with one attached hydrogen (secondary N) is 1. The van der Waals surface area contributed by atoms with Gasteiger partial charge in [-0.25, -0.2) is 8.78 Å². The molecule has 0 atom stereocenters. The van der Waals surface area contributed by atoms with Gasteiger partial charge in [0.15, 0.2) is 0 Å². The van der Waals surface area contributed by atoms with Crippen molar-refractivity contribution in [1.29, 1.82) is 5.26 Å². The van der Waals surface area contributed by atoms with Gasteiger partial charge in [-0.3, -0.25) is 10.1 Å². The third kappa shape index (κ3) is 4.13. The first-order chi connectivity index (χ1) is 14.1. The summed E-state index contributed by atoms with van der Waals surface area (Å²) in [6.07, 6.45) is 0. The molecule has 30 heavy (non-hydrogen) atoms. The molecule has 0 aliphatic heterocycles. The molecule has 0 bridgehead atoms. The van der Waals surface area contributed by atoms with Crippen LogP contribution >= 0.6 is 0 Å². The molecular formula is C23H19F2N3O2. The molecule has 0 aliphatic carbocycles. The Morgan fingerprint density at radius 3 is 2.40 bits per heavy atom. The first-order valence-corrected chi connectivity index (χ1v) is 9.16. The number of nitriles is 1. The highest BCUT2D eigenvalue weighted by atomic mass is 19.1. The van der Waals surface area contributed by atoms with Crippen LogP contribution in [0.4, 0.5) is 25.8 Å². The summed E-state index contributed by atoms with van der Waals surface area (Å²) in [5.41, 5.74) is 0.672. The quantitative estimate of drug-likeness (QED) is 0.398. The maximum absolute atomic E-state index is 14.5. The first-order valence-electron chi connectivity index (χ1n) is 9.16. The molecule has 0 unspecified atom stereocenters. The molecule has 5 nitrogen and oxygen atoms in total. The lowest BCUT2D eigenvalue weighted by Gasteiger charge is -2.19. The number of benzene rings is 3. The standard InChI is InChI=1S/C23H19F2N3O2/c1-23(2,3)15-7-10-20(21(11-15)28(29)30)27-16-8-9-18(24)17(12-16)22-14(13-26)5-4-6-19(22)25/h4-12,27H,1-3H3. The Kier molecular flexibility index (Phi) is 5.52. The Labute approximate surface area is 172 Å². The van der Waals surface area contributed by atoms with E-state index in [1.807, 2.05) is 26.8 Å². The average Bonchev–Trinajstić information content (AvgIpc) is 2.68. The van der Waals surface area contributed by atoms with Crippen molar-refractivity contribution < 1.29 is 13.7 Å². The summed E-state index contributed by atoms with van der Waals surface area (Å²) in [5.74, 6) is -1.44. The van der Waals surface area contributed by atoms with Crippen LogP contribution in [-0.2, 0) is 5.41 Å². The molecule has 1 N–H and O–H groups in total. The lowest BCUT2D eigenvalue weighted by molar-refractivity contribution is -0.384. The third-order valence-corrected chi connectivity index (χ3v) is 4.71. The largest absolute Gasteiger partial charge is 0.350 e. The van der Waals surface area contributed by atoms with Crippen LogP contribution in [0, 0.1) is 33.1 Å². The van der Waals surface area contributed by atoms with Crippen LogP contribution in [0.5, 0.6) is 0 Å². The van der Waals surface area contributed by atoms with Crippen molar-refractivity contribution in [1.82, 2.24) is 0 Å². The zero-order valence-corrected chi connectivity index (χ0v) is 16.7. The van der Waals surface area contributed by atoms with Gasteiger partial charge in [0.2, 0.25) is 0 Å². The molecule has 3 aromatic carbocycles. The minimum Gasteiger partial charge on any atom is -0.350 e. The van der Waals surface area contributed by atoms with Gasteiger partial charge >= 0.3 is 0 Å². The van der Waals surface area contributed by atoms with Crippen molar-refractivity contribution in [3.8, 4) is 17.2 Å². The number of anilines is 2. The Balaban J connectivity index is 2.08. The van der Waals surface area contributed by atoms with Crippen LogP contribution in [0.15, 0.2) is 54.6 Å². The number of nitro benzene ring substituents is 1. The van der Waals surface area contributed by atoms with Crippen LogP contribution in [0.2, 0.25) is 0 Å². The number of halogens is 2. The van der Waals surface area contributed by atoms with Crippen LogP contribution < -0.4 is 5.32 Å².